The van der Waals surface area contributed by atoms with Gasteiger partial charge in [-0.25, -0.2) is 8.42 Å². The highest BCUT2D eigenvalue weighted by Crippen LogP contribution is 2.30. The van der Waals surface area contributed by atoms with E-state index in [0.29, 0.717) is 30.1 Å². The molecule has 1 aliphatic heterocycles. The third kappa shape index (κ3) is 3.10. The number of furan rings is 1. The minimum absolute atomic E-state index is 0.161. The number of amides is 1. The normalized spacial score (nSPS) is 16.5. The first kappa shape index (κ1) is 15.6. The Morgan fingerprint density at radius 2 is 2.00 bits per heavy atom. The van der Waals surface area contributed by atoms with Gasteiger partial charge < -0.3 is 9.73 Å². The number of nitrogens with one attached hydrogen (secondary N) is 1. The summed E-state index contributed by atoms with van der Waals surface area (Å²) in [6.45, 7) is 4.08. The van der Waals surface area contributed by atoms with Crippen LogP contribution in [0.3, 0.4) is 0 Å². The van der Waals surface area contributed by atoms with Crippen molar-refractivity contribution in [3.63, 3.8) is 0 Å². The third-order valence-electron chi connectivity index (χ3n) is 3.80. The highest BCUT2D eigenvalue weighted by atomic mass is 32.2. The monoisotopic (exact) mass is 334 g/mol. The van der Waals surface area contributed by atoms with Crippen LogP contribution in [0, 0.1) is 13.8 Å². The molecule has 23 heavy (non-hydrogen) atoms. The van der Waals surface area contributed by atoms with Crippen molar-refractivity contribution >= 4 is 27.3 Å². The lowest BCUT2D eigenvalue weighted by atomic mass is 10.1. The second kappa shape index (κ2) is 5.73. The molecule has 1 aromatic heterocycles. The molecule has 0 unspecified atom stereocenters. The molecule has 0 spiro atoms. The number of sulfonamides is 1. The maximum Gasteiger partial charge on any atom is 0.291 e. The maximum absolute atomic E-state index is 12.1. The first-order valence-electron chi connectivity index (χ1n) is 7.36. The number of hydrogen-bond donors (Lipinski definition) is 1. The largest absolute Gasteiger partial charge is 0.456 e. The van der Waals surface area contributed by atoms with Crippen molar-refractivity contribution in [1.29, 1.82) is 0 Å². The maximum atomic E-state index is 12.1. The molecule has 0 atom stereocenters. The van der Waals surface area contributed by atoms with Gasteiger partial charge in [0.1, 0.15) is 5.76 Å². The number of hydrogen-bond acceptors (Lipinski definition) is 4. The van der Waals surface area contributed by atoms with E-state index in [0.717, 1.165) is 5.56 Å². The lowest BCUT2D eigenvalue weighted by Gasteiger charge is -2.20. The summed E-state index contributed by atoms with van der Waals surface area (Å²) >= 11 is 0. The van der Waals surface area contributed by atoms with Gasteiger partial charge in [0.15, 0.2) is 5.76 Å². The fraction of sp³-hybridized carbons (Fsp3) is 0.312. The fourth-order valence-corrected chi connectivity index (χ4v) is 4.23. The Labute approximate surface area is 135 Å². The molecule has 1 fully saturated rings. The van der Waals surface area contributed by atoms with Gasteiger partial charge in [-0.15, -0.1) is 0 Å². The minimum atomic E-state index is -3.25. The highest BCUT2D eigenvalue weighted by molar-refractivity contribution is 7.93. The molecule has 0 aliphatic carbocycles. The van der Waals surface area contributed by atoms with Gasteiger partial charge in [0, 0.05) is 12.2 Å². The van der Waals surface area contributed by atoms with Crippen molar-refractivity contribution in [3.8, 4) is 0 Å². The van der Waals surface area contributed by atoms with Gasteiger partial charge in [-0.05, 0) is 50.1 Å². The zero-order chi connectivity index (χ0) is 16.6. The van der Waals surface area contributed by atoms with E-state index in [2.05, 4.69) is 5.32 Å². The molecule has 0 saturated carbocycles. The van der Waals surface area contributed by atoms with Crippen LogP contribution in [0.2, 0.25) is 0 Å². The first-order valence-corrected chi connectivity index (χ1v) is 8.96. The molecule has 2 heterocycles. The Balaban J connectivity index is 1.87. The molecule has 1 amide bonds. The molecule has 1 aromatic carbocycles. The first-order chi connectivity index (χ1) is 10.9. The van der Waals surface area contributed by atoms with Crippen molar-refractivity contribution < 1.29 is 17.6 Å². The molecule has 7 heteroatoms. The van der Waals surface area contributed by atoms with Gasteiger partial charge in [-0.1, -0.05) is 6.07 Å². The van der Waals surface area contributed by atoms with Gasteiger partial charge in [0.05, 0.1) is 11.4 Å². The van der Waals surface area contributed by atoms with E-state index in [1.165, 1.54) is 4.31 Å². The predicted molar refractivity (Wildman–Crippen MR) is 88.3 cm³/mol. The summed E-state index contributed by atoms with van der Waals surface area (Å²) in [6.07, 6.45) is 0.615. The summed E-state index contributed by atoms with van der Waals surface area (Å²) in [4.78, 5) is 12.1. The molecule has 1 N–H and O–H groups in total. The van der Waals surface area contributed by atoms with Crippen molar-refractivity contribution in [2.24, 2.45) is 0 Å². The summed E-state index contributed by atoms with van der Waals surface area (Å²) in [5.41, 5.74) is 1.99. The number of benzene rings is 1. The second-order valence-electron chi connectivity index (χ2n) is 5.61. The Morgan fingerprint density at radius 3 is 2.61 bits per heavy atom. The van der Waals surface area contributed by atoms with Gasteiger partial charge >= 0.3 is 0 Å². The smallest absolute Gasteiger partial charge is 0.291 e. The summed E-state index contributed by atoms with van der Waals surface area (Å²) in [6, 6.07) is 8.55. The molecule has 2 aromatic rings. The zero-order valence-corrected chi connectivity index (χ0v) is 13.8. The van der Waals surface area contributed by atoms with Crippen LogP contribution in [0.15, 0.2) is 34.7 Å². The quantitative estimate of drug-likeness (QED) is 0.936. The molecule has 0 bridgehead atoms. The topological polar surface area (TPSA) is 79.6 Å². The molecular weight excluding hydrogens is 316 g/mol. The van der Waals surface area contributed by atoms with Gasteiger partial charge in [-0.3, -0.25) is 9.10 Å². The molecule has 0 radical (unpaired) electrons. The van der Waals surface area contributed by atoms with Gasteiger partial charge in [0.25, 0.3) is 5.91 Å². The van der Waals surface area contributed by atoms with E-state index in [4.69, 9.17) is 4.42 Å². The molecular formula is C16H18N2O4S. The van der Waals surface area contributed by atoms with E-state index in [9.17, 15) is 13.2 Å². The number of rotatable bonds is 3. The van der Waals surface area contributed by atoms with E-state index < -0.39 is 10.0 Å². The molecule has 122 valence electrons. The SMILES string of the molecule is Cc1ccc(C(=O)Nc2ccc(C)c(N3CCCS3(=O)=O)c2)o1. The predicted octanol–water partition coefficient (Wildman–Crippen LogP) is 2.69. The summed E-state index contributed by atoms with van der Waals surface area (Å²) < 4.78 is 30.9. The third-order valence-corrected chi connectivity index (χ3v) is 5.65. The van der Waals surface area contributed by atoms with Gasteiger partial charge in [-0.2, -0.15) is 0 Å². The van der Waals surface area contributed by atoms with Crippen LogP contribution in [0.25, 0.3) is 0 Å². The lowest BCUT2D eigenvalue weighted by Crippen LogP contribution is -2.26. The highest BCUT2D eigenvalue weighted by Gasteiger charge is 2.29. The van der Waals surface area contributed by atoms with Crippen LogP contribution in [0.4, 0.5) is 11.4 Å². The average molecular weight is 334 g/mol. The summed E-state index contributed by atoms with van der Waals surface area (Å²) in [5, 5.41) is 2.74. The number of carbonyl (C=O) groups excluding carboxylic acids is 1. The molecule has 3 rings (SSSR count). The Bertz CT molecular complexity index is 855. The zero-order valence-electron chi connectivity index (χ0n) is 13.0. The Morgan fingerprint density at radius 1 is 1.22 bits per heavy atom. The minimum Gasteiger partial charge on any atom is -0.456 e. The lowest BCUT2D eigenvalue weighted by molar-refractivity contribution is 0.0995. The number of nitrogens with zero attached hydrogens (tertiary/aromatic N) is 1. The Hall–Kier alpha value is -2.28. The number of aryl methyl sites for hydroxylation is 2. The standard InChI is InChI=1S/C16H18N2O4S/c1-11-4-6-13(17-16(19)15-7-5-12(2)22-15)10-14(11)18-8-3-9-23(18,20)21/h4-7,10H,3,8-9H2,1-2H3,(H,17,19). The number of anilines is 2. The van der Waals surface area contributed by atoms with Crippen LogP contribution in [-0.2, 0) is 10.0 Å². The average Bonchev–Trinajstić information content (AvgIpc) is 3.06. The summed E-state index contributed by atoms with van der Waals surface area (Å²) in [5.74, 6) is 0.674. The van der Waals surface area contributed by atoms with Crippen LogP contribution in [-0.4, -0.2) is 26.6 Å². The van der Waals surface area contributed by atoms with Crippen LogP contribution < -0.4 is 9.62 Å². The van der Waals surface area contributed by atoms with Crippen molar-refractivity contribution in [2.45, 2.75) is 20.3 Å². The summed E-state index contributed by atoms with van der Waals surface area (Å²) in [7, 11) is -3.25. The van der Waals surface area contributed by atoms with Gasteiger partial charge in [0.2, 0.25) is 10.0 Å². The van der Waals surface area contributed by atoms with Crippen molar-refractivity contribution in [2.75, 3.05) is 21.9 Å². The molecule has 1 saturated heterocycles. The number of carbonyl (C=O) groups is 1. The van der Waals surface area contributed by atoms with Crippen LogP contribution >= 0.6 is 0 Å². The second-order valence-corrected chi connectivity index (χ2v) is 7.62. The van der Waals surface area contributed by atoms with Crippen LogP contribution in [0.1, 0.15) is 28.3 Å². The van der Waals surface area contributed by atoms with Crippen molar-refractivity contribution in [1.82, 2.24) is 0 Å². The molecule has 6 nitrogen and oxygen atoms in total. The van der Waals surface area contributed by atoms with E-state index in [-0.39, 0.29) is 17.4 Å². The van der Waals surface area contributed by atoms with E-state index in [1.807, 2.05) is 6.92 Å². The van der Waals surface area contributed by atoms with Crippen molar-refractivity contribution in [3.05, 3.63) is 47.4 Å². The molecule has 1 aliphatic rings. The Kier molecular flexibility index (Phi) is 3.89. The van der Waals surface area contributed by atoms with E-state index >= 15 is 0 Å². The van der Waals surface area contributed by atoms with Crippen LogP contribution in [0.5, 0.6) is 0 Å². The van der Waals surface area contributed by atoms with E-state index in [1.54, 1.807) is 37.3 Å². The fourth-order valence-electron chi connectivity index (χ4n) is 2.62.